The second-order valence-electron chi connectivity index (χ2n) is 10.9. The Balaban J connectivity index is 1.19. The van der Waals surface area contributed by atoms with Crippen molar-refractivity contribution < 1.29 is 19.1 Å². The first-order chi connectivity index (χ1) is 18.7. The number of carbonyl (C=O) groups excluding carboxylic acids is 3. The summed E-state index contributed by atoms with van der Waals surface area (Å²) in [6, 6.07) is 6.47. The standard InChI is InChI=1S/C27H31ClN6O4S/c1-33-8-5-18-22(13-33)39-25(32-18)24(36)31-21-12-34(14-27(6-7-27)26(37)38-2)11-20(21)30-23(35)19-10-15-9-16(28)3-4-17(15)29-19/h3-4,9-10,20-21,29H,5-8,11-14H2,1-2H3,(H,30,35)(H,31,36)/t20-,21-/m1/s1. The summed E-state index contributed by atoms with van der Waals surface area (Å²) < 4.78 is 5.04. The lowest BCUT2D eigenvalue weighted by Gasteiger charge is -2.21. The summed E-state index contributed by atoms with van der Waals surface area (Å²) in [7, 11) is 3.48. The highest BCUT2D eigenvalue weighted by molar-refractivity contribution is 7.13. The van der Waals surface area contributed by atoms with Gasteiger partial charge in [0.1, 0.15) is 5.69 Å². The van der Waals surface area contributed by atoms with Crippen LogP contribution in [0.5, 0.6) is 0 Å². The number of esters is 1. The van der Waals surface area contributed by atoms with E-state index in [4.69, 9.17) is 16.3 Å². The monoisotopic (exact) mass is 570 g/mol. The zero-order valence-corrected chi connectivity index (χ0v) is 23.5. The number of aromatic amines is 1. The van der Waals surface area contributed by atoms with Gasteiger partial charge in [0.05, 0.1) is 30.3 Å². The van der Waals surface area contributed by atoms with E-state index in [-0.39, 0.29) is 29.9 Å². The predicted molar refractivity (Wildman–Crippen MR) is 148 cm³/mol. The summed E-state index contributed by atoms with van der Waals surface area (Å²) in [6.45, 7) is 3.25. The van der Waals surface area contributed by atoms with Gasteiger partial charge in [0.2, 0.25) is 0 Å². The Bertz CT molecular complexity index is 1450. The van der Waals surface area contributed by atoms with Crippen LogP contribution in [-0.2, 0) is 22.5 Å². The molecule has 206 valence electrons. The van der Waals surface area contributed by atoms with Crippen molar-refractivity contribution in [3.05, 3.63) is 50.6 Å². The lowest BCUT2D eigenvalue weighted by Crippen LogP contribution is -2.51. The number of benzene rings is 1. The van der Waals surface area contributed by atoms with Crippen LogP contribution in [0.25, 0.3) is 10.9 Å². The highest BCUT2D eigenvalue weighted by atomic mass is 35.5. The van der Waals surface area contributed by atoms with E-state index in [9.17, 15) is 14.4 Å². The maximum atomic E-state index is 13.3. The van der Waals surface area contributed by atoms with Crippen LogP contribution in [0.2, 0.25) is 5.02 Å². The molecule has 3 N–H and O–H groups in total. The molecular formula is C27H31ClN6O4S. The number of amides is 2. The fraction of sp³-hybridized carbons (Fsp3) is 0.481. The van der Waals surface area contributed by atoms with E-state index >= 15 is 0 Å². The Morgan fingerprint density at radius 3 is 2.64 bits per heavy atom. The first-order valence-electron chi connectivity index (χ1n) is 13.1. The summed E-state index contributed by atoms with van der Waals surface area (Å²) in [4.78, 5) is 52.2. The maximum absolute atomic E-state index is 13.3. The molecule has 0 unspecified atom stereocenters. The molecule has 0 bridgehead atoms. The molecule has 3 aliphatic rings. The molecule has 3 aromatic rings. The molecule has 0 radical (unpaired) electrons. The number of fused-ring (bicyclic) bond motifs is 2. The number of hydrogen-bond donors (Lipinski definition) is 3. The highest BCUT2D eigenvalue weighted by Crippen LogP contribution is 2.47. The number of likely N-dealkylation sites (N-methyl/N-ethyl adjacent to an activating group) is 1. The van der Waals surface area contributed by atoms with E-state index in [0.29, 0.717) is 35.4 Å². The molecule has 2 fully saturated rings. The molecule has 12 heteroatoms. The number of H-pyrrole nitrogens is 1. The van der Waals surface area contributed by atoms with Gasteiger partial charge in [-0.1, -0.05) is 11.6 Å². The zero-order valence-electron chi connectivity index (χ0n) is 21.9. The number of nitrogens with zero attached hydrogens (tertiary/aromatic N) is 3. The number of thiazole rings is 1. The Kier molecular flexibility index (Phi) is 6.86. The SMILES string of the molecule is COC(=O)C1(CN2C[C@@H](NC(=O)c3cc4cc(Cl)ccc4[nH]3)[C@H](NC(=O)c3nc4c(s3)CN(C)CC4)C2)CC1. The number of methoxy groups -OCH3 is 1. The third-order valence-corrected chi connectivity index (χ3v) is 9.29. The number of hydrogen-bond acceptors (Lipinski definition) is 8. The van der Waals surface area contributed by atoms with Gasteiger partial charge in [0, 0.05) is 59.9 Å². The van der Waals surface area contributed by atoms with Crippen molar-refractivity contribution in [1.29, 1.82) is 0 Å². The molecule has 2 atom stereocenters. The number of nitrogens with one attached hydrogen (secondary N) is 3. The lowest BCUT2D eigenvalue weighted by molar-refractivity contribution is -0.147. The van der Waals surface area contributed by atoms with Crippen molar-refractivity contribution in [3.8, 4) is 0 Å². The number of halogens is 1. The van der Waals surface area contributed by atoms with E-state index in [1.807, 2.05) is 6.07 Å². The van der Waals surface area contributed by atoms with Crippen LogP contribution in [0.3, 0.4) is 0 Å². The van der Waals surface area contributed by atoms with Gasteiger partial charge in [-0.05, 0) is 44.2 Å². The quantitative estimate of drug-likeness (QED) is 0.373. The van der Waals surface area contributed by atoms with E-state index in [1.165, 1.54) is 18.4 Å². The molecule has 1 saturated carbocycles. The first-order valence-corrected chi connectivity index (χ1v) is 14.3. The molecule has 1 aliphatic carbocycles. The molecule has 1 saturated heterocycles. The summed E-state index contributed by atoms with van der Waals surface area (Å²) in [5, 5.41) is 8.13. The second kappa shape index (κ2) is 10.2. The summed E-state index contributed by atoms with van der Waals surface area (Å²) >= 11 is 7.54. The summed E-state index contributed by atoms with van der Waals surface area (Å²) in [5.74, 6) is -0.710. The minimum absolute atomic E-state index is 0.203. The molecule has 10 nitrogen and oxygen atoms in total. The third-order valence-electron chi connectivity index (χ3n) is 7.97. The average Bonchev–Trinajstić information content (AvgIpc) is 3.22. The van der Waals surface area contributed by atoms with Crippen molar-refractivity contribution in [1.82, 2.24) is 30.4 Å². The molecule has 39 heavy (non-hydrogen) atoms. The van der Waals surface area contributed by atoms with Gasteiger partial charge < -0.3 is 25.3 Å². The smallest absolute Gasteiger partial charge is 0.313 e. The predicted octanol–water partition coefficient (Wildman–Crippen LogP) is 2.43. The zero-order chi connectivity index (χ0) is 27.3. The number of rotatable bonds is 7. The van der Waals surface area contributed by atoms with Crippen LogP contribution in [0, 0.1) is 5.41 Å². The minimum Gasteiger partial charge on any atom is -0.469 e. The van der Waals surface area contributed by atoms with Gasteiger partial charge in [-0.3, -0.25) is 19.3 Å². The van der Waals surface area contributed by atoms with Crippen LogP contribution in [0.15, 0.2) is 24.3 Å². The van der Waals surface area contributed by atoms with Crippen LogP contribution in [-0.4, -0.2) is 90.0 Å². The number of likely N-dealkylation sites (tertiary alicyclic amines) is 1. The van der Waals surface area contributed by atoms with Crippen LogP contribution < -0.4 is 10.6 Å². The van der Waals surface area contributed by atoms with Gasteiger partial charge in [-0.2, -0.15) is 0 Å². The van der Waals surface area contributed by atoms with Gasteiger partial charge in [-0.15, -0.1) is 11.3 Å². The van der Waals surface area contributed by atoms with Crippen molar-refractivity contribution in [2.45, 2.75) is 37.9 Å². The molecule has 4 heterocycles. The van der Waals surface area contributed by atoms with E-state index in [2.05, 4.69) is 37.4 Å². The lowest BCUT2D eigenvalue weighted by atomic mass is 10.1. The van der Waals surface area contributed by atoms with Gasteiger partial charge in [-0.25, -0.2) is 4.98 Å². The second-order valence-corrected chi connectivity index (χ2v) is 12.4. The fourth-order valence-electron chi connectivity index (χ4n) is 5.65. The molecular weight excluding hydrogens is 540 g/mol. The molecule has 2 amide bonds. The largest absolute Gasteiger partial charge is 0.469 e. The van der Waals surface area contributed by atoms with Gasteiger partial charge in [0.25, 0.3) is 11.8 Å². The van der Waals surface area contributed by atoms with Crippen LogP contribution in [0.1, 0.15) is 43.7 Å². The fourth-order valence-corrected chi connectivity index (χ4v) is 6.92. The number of carbonyl (C=O) groups is 3. The van der Waals surface area contributed by atoms with Crippen molar-refractivity contribution in [2.24, 2.45) is 5.41 Å². The molecule has 2 aromatic heterocycles. The minimum atomic E-state index is -0.501. The average molecular weight is 571 g/mol. The van der Waals surface area contributed by atoms with Crippen molar-refractivity contribution >= 4 is 51.6 Å². The summed E-state index contributed by atoms with van der Waals surface area (Å²) in [5.41, 5.74) is 1.73. The van der Waals surface area contributed by atoms with Crippen molar-refractivity contribution in [2.75, 3.05) is 40.3 Å². The Labute approximate surface area is 235 Å². The third kappa shape index (κ3) is 5.28. The molecule has 0 spiro atoms. The van der Waals surface area contributed by atoms with E-state index < -0.39 is 5.41 Å². The van der Waals surface area contributed by atoms with Crippen molar-refractivity contribution in [3.63, 3.8) is 0 Å². The summed E-state index contributed by atoms with van der Waals surface area (Å²) in [6.07, 6.45) is 2.39. The van der Waals surface area contributed by atoms with Crippen LogP contribution >= 0.6 is 22.9 Å². The molecule has 2 aliphatic heterocycles. The Morgan fingerprint density at radius 1 is 1.18 bits per heavy atom. The Morgan fingerprint density at radius 2 is 1.92 bits per heavy atom. The van der Waals surface area contributed by atoms with E-state index in [0.717, 1.165) is 53.8 Å². The maximum Gasteiger partial charge on any atom is 0.313 e. The topological polar surface area (TPSA) is 120 Å². The highest BCUT2D eigenvalue weighted by Gasteiger charge is 2.53. The van der Waals surface area contributed by atoms with Gasteiger partial charge in [0.15, 0.2) is 5.01 Å². The molecule has 6 rings (SSSR count). The molecule has 1 aromatic carbocycles. The number of aromatic nitrogens is 2. The normalized spacial score (nSPS) is 22.4. The number of ether oxygens (including phenoxy) is 1. The first kappa shape index (κ1) is 26.2. The Hall–Kier alpha value is -2.99. The van der Waals surface area contributed by atoms with E-state index in [1.54, 1.807) is 18.2 Å². The van der Waals surface area contributed by atoms with Gasteiger partial charge >= 0.3 is 5.97 Å². The van der Waals surface area contributed by atoms with Crippen LogP contribution in [0.4, 0.5) is 0 Å².